The van der Waals surface area contributed by atoms with Crippen molar-refractivity contribution in [3.8, 4) is 5.75 Å². The van der Waals surface area contributed by atoms with Gasteiger partial charge in [-0.3, -0.25) is 4.79 Å². The Labute approximate surface area is 211 Å². The number of rotatable bonds is 9. The Hall–Kier alpha value is -2.30. The Morgan fingerprint density at radius 1 is 1.19 bits per heavy atom. The second-order valence-electron chi connectivity index (χ2n) is 10.2. The fraction of sp³-hybridized carbons (Fsp3) is 0.630. The van der Waals surface area contributed by atoms with Gasteiger partial charge in [-0.15, -0.1) is 0 Å². The Morgan fingerprint density at radius 3 is 2.64 bits per heavy atom. The Bertz CT molecular complexity index is 1020. The number of ketones is 1. The normalized spacial score (nSPS) is 32.5. The number of carbonyl (C=O) groups is 2. The van der Waals surface area contributed by atoms with Gasteiger partial charge < -0.3 is 34.3 Å². The second-order valence-corrected chi connectivity index (χ2v) is 10.2. The molecule has 9 nitrogen and oxygen atoms in total. The number of carbonyl (C=O) groups excluding carboxylic acids is 2. The zero-order chi connectivity index (χ0) is 26.1. The highest BCUT2D eigenvalue weighted by Gasteiger charge is 2.48. The van der Waals surface area contributed by atoms with Crippen LogP contribution in [0.15, 0.2) is 29.3 Å². The number of ether oxygens (including phenoxy) is 4. The molecule has 1 aromatic rings. The summed E-state index contributed by atoms with van der Waals surface area (Å²) in [7, 11) is 1.29. The van der Waals surface area contributed by atoms with E-state index in [9.17, 15) is 24.9 Å². The van der Waals surface area contributed by atoms with E-state index < -0.39 is 30.4 Å². The zero-order valence-corrected chi connectivity index (χ0v) is 21.2. The fourth-order valence-corrected chi connectivity index (χ4v) is 5.14. The van der Waals surface area contributed by atoms with Crippen LogP contribution in [0, 0.1) is 11.8 Å². The molecule has 0 bridgehead atoms. The number of fused-ring (bicyclic) bond motifs is 1. The van der Waals surface area contributed by atoms with Crippen molar-refractivity contribution in [2.24, 2.45) is 11.8 Å². The molecule has 2 saturated heterocycles. The topological polar surface area (TPSA) is 135 Å². The lowest BCUT2D eigenvalue weighted by atomic mass is 9.85. The van der Waals surface area contributed by atoms with Crippen LogP contribution in [0.3, 0.4) is 0 Å². The summed E-state index contributed by atoms with van der Waals surface area (Å²) in [5, 5.41) is 31.3. The summed E-state index contributed by atoms with van der Waals surface area (Å²) >= 11 is 0. The minimum atomic E-state index is -1.08. The molecule has 1 aliphatic carbocycles. The quantitative estimate of drug-likeness (QED) is 0.260. The molecule has 9 heteroatoms. The number of hydrogen-bond donors (Lipinski definition) is 3. The Balaban J connectivity index is 1.35. The molecule has 2 aliphatic heterocycles. The number of esters is 1. The number of epoxide rings is 1. The lowest BCUT2D eigenvalue weighted by Gasteiger charge is -2.38. The van der Waals surface area contributed by atoms with Gasteiger partial charge >= 0.3 is 5.97 Å². The molecule has 0 radical (unpaired) electrons. The Kier molecular flexibility index (Phi) is 8.16. The van der Waals surface area contributed by atoms with Gasteiger partial charge in [-0.2, -0.15) is 0 Å². The van der Waals surface area contributed by atoms with Crippen LogP contribution in [0.4, 0.5) is 0 Å². The average molecular weight is 505 g/mol. The van der Waals surface area contributed by atoms with Crippen LogP contribution in [-0.2, 0) is 25.4 Å². The summed E-state index contributed by atoms with van der Waals surface area (Å²) in [4.78, 5) is 24.3. The first-order chi connectivity index (χ1) is 17.1. The van der Waals surface area contributed by atoms with E-state index in [-0.39, 0.29) is 43.0 Å². The van der Waals surface area contributed by atoms with Crippen LogP contribution in [-0.4, -0.2) is 84.0 Å². The van der Waals surface area contributed by atoms with Gasteiger partial charge in [0.2, 0.25) is 0 Å². The number of benzene rings is 1. The maximum Gasteiger partial charge on any atom is 0.343 e. The van der Waals surface area contributed by atoms with Gasteiger partial charge in [0.1, 0.15) is 11.9 Å². The first-order valence-corrected chi connectivity index (χ1v) is 12.5. The van der Waals surface area contributed by atoms with Gasteiger partial charge in [-0.1, -0.05) is 12.5 Å². The van der Waals surface area contributed by atoms with Crippen molar-refractivity contribution >= 4 is 11.8 Å². The van der Waals surface area contributed by atoms with Crippen LogP contribution in [0.1, 0.15) is 49.5 Å². The third-order valence-electron chi connectivity index (χ3n) is 7.74. The highest BCUT2D eigenvalue weighted by molar-refractivity contribution is 6.13. The van der Waals surface area contributed by atoms with Gasteiger partial charge in [0.05, 0.1) is 44.2 Å². The van der Waals surface area contributed by atoms with E-state index >= 15 is 0 Å². The average Bonchev–Trinajstić information content (AvgIpc) is 3.55. The lowest BCUT2D eigenvalue weighted by Crippen LogP contribution is -2.50. The molecule has 0 spiro atoms. The summed E-state index contributed by atoms with van der Waals surface area (Å²) in [6.07, 6.45) is -1.92. The summed E-state index contributed by atoms with van der Waals surface area (Å²) in [5.41, 5.74) is 2.85. The summed E-state index contributed by atoms with van der Waals surface area (Å²) in [6, 6.07) is 5.09. The van der Waals surface area contributed by atoms with Gasteiger partial charge in [-0.05, 0) is 50.5 Å². The SMILES string of the molecule is COC(=O)COc1ccc2c(c1)CC(=C(C)C[C@@H]1OC[C@H](C[C@@H]3O[C@H]3[C@@H](C)[C@H](C)O)[C@@H](O)[C@H]1O)C2=O. The van der Waals surface area contributed by atoms with Crippen LogP contribution >= 0.6 is 0 Å². The van der Waals surface area contributed by atoms with Crippen LogP contribution in [0.25, 0.3) is 0 Å². The molecule has 2 heterocycles. The minimum Gasteiger partial charge on any atom is -0.482 e. The van der Waals surface area contributed by atoms with Crippen molar-refractivity contribution in [1.82, 2.24) is 0 Å². The molecule has 0 amide bonds. The maximum atomic E-state index is 13.0. The van der Waals surface area contributed by atoms with Gasteiger partial charge in [0.25, 0.3) is 0 Å². The van der Waals surface area contributed by atoms with E-state index in [4.69, 9.17) is 14.2 Å². The maximum absolute atomic E-state index is 13.0. The molecule has 0 unspecified atom stereocenters. The van der Waals surface area contributed by atoms with Crippen molar-refractivity contribution in [3.63, 3.8) is 0 Å². The largest absolute Gasteiger partial charge is 0.482 e. The third kappa shape index (κ3) is 5.65. The predicted octanol–water partition coefficient (Wildman–Crippen LogP) is 1.59. The summed E-state index contributed by atoms with van der Waals surface area (Å²) in [6.45, 7) is 5.60. The molecule has 198 valence electrons. The van der Waals surface area contributed by atoms with E-state index in [1.54, 1.807) is 25.1 Å². The van der Waals surface area contributed by atoms with Crippen LogP contribution in [0.2, 0.25) is 0 Å². The van der Waals surface area contributed by atoms with Gasteiger partial charge in [-0.25, -0.2) is 4.79 Å². The number of hydrogen-bond acceptors (Lipinski definition) is 9. The van der Waals surface area contributed by atoms with Crippen molar-refractivity contribution in [2.45, 2.75) is 76.7 Å². The molecule has 0 saturated carbocycles. The van der Waals surface area contributed by atoms with Crippen LogP contribution in [0.5, 0.6) is 5.75 Å². The highest BCUT2D eigenvalue weighted by atomic mass is 16.6. The lowest BCUT2D eigenvalue weighted by molar-refractivity contribution is -0.165. The molecule has 0 aromatic heterocycles. The molecule has 3 N–H and O–H groups in total. The number of methoxy groups -OCH3 is 1. The fourth-order valence-electron chi connectivity index (χ4n) is 5.14. The molecule has 2 fully saturated rings. The van der Waals surface area contributed by atoms with Crippen LogP contribution < -0.4 is 4.74 Å². The van der Waals surface area contributed by atoms with Crippen molar-refractivity contribution < 1.29 is 43.9 Å². The standard InChI is InChI=1S/C27H36O9/c1-13(20-9-16-8-18(34-12-23(29)33-4)5-6-19(16)25(20)31)7-21-26(32)24(30)17(11-35-21)10-22-27(36-22)14(2)15(3)28/h5-6,8,14-15,17,21-22,24,26-28,30,32H,7,9-12H2,1-4H3/t14-,15-,17-,21-,22-,24+,26-,27-/m0/s1. The van der Waals surface area contributed by atoms with Crippen molar-refractivity contribution in [2.75, 3.05) is 20.3 Å². The molecular formula is C27H36O9. The first kappa shape index (κ1) is 26.8. The number of Topliss-reactive ketones (excluding diaryl/α,β-unsaturated/α-hetero) is 1. The zero-order valence-electron chi connectivity index (χ0n) is 21.2. The van der Waals surface area contributed by atoms with E-state index in [0.717, 1.165) is 11.1 Å². The number of aliphatic hydroxyl groups is 3. The second kappa shape index (κ2) is 11.0. The number of aliphatic hydroxyl groups excluding tert-OH is 3. The van der Waals surface area contributed by atoms with E-state index in [1.165, 1.54) is 7.11 Å². The molecule has 4 rings (SSSR count). The summed E-state index contributed by atoms with van der Waals surface area (Å²) < 4.78 is 21.6. The Morgan fingerprint density at radius 2 is 1.94 bits per heavy atom. The van der Waals surface area contributed by atoms with Gasteiger partial charge in [0, 0.05) is 29.4 Å². The molecule has 36 heavy (non-hydrogen) atoms. The van der Waals surface area contributed by atoms with Gasteiger partial charge in [0.15, 0.2) is 12.4 Å². The first-order valence-electron chi connectivity index (χ1n) is 12.5. The van der Waals surface area contributed by atoms with Crippen molar-refractivity contribution in [1.29, 1.82) is 0 Å². The monoisotopic (exact) mass is 504 g/mol. The molecule has 8 atom stereocenters. The summed E-state index contributed by atoms with van der Waals surface area (Å²) in [5.74, 6) is -0.337. The van der Waals surface area contributed by atoms with E-state index in [0.29, 0.717) is 36.1 Å². The molecule has 3 aliphatic rings. The van der Waals surface area contributed by atoms with E-state index in [1.807, 2.05) is 13.8 Å². The predicted molar refractivity (Wildman–Crippen MR) is 129 cm³/mol. The molecular weight excluding hydrogens is 468 g/mol. The van der Waals surface area contributed by atoms with E-state index in [2.05, 4.69) is 4.74 Å². The smallest absolute Gasteiger partial charge is 0.343 e. The molecule has 1 aromatic carbocycles. The highest BCUT2D eigenvalue weighted by Crippen LogP contribution is 2.39. The third-order valence-corrected chi connectivity index (χ3v) is 7.74. The van der Waals surface area contributed by atoms with Crippen molar-refractivity contribution in [3.05, 3.63) is 40.5 Å². The minimum absolute atomic E-state index is 0.00663. The number of allylic oxidation sites excluding steroid dienone is 1.